The highest BCUT2D eigenvalue weighted by Gasteiger charge is 2.23. The Kier molecular flexibility index (Phi) is 6.55. The summed E-state index contributed by atoms with van der Waals surface area (Å²) in [5.41, 5.74) is 2.26. The Hall–Kier alpha value is -2.88. The third-order valence-electron chi connectivity index (χ3n) is 5.74. The van der Waals surface area contributed by atoms with Gasteiger partial charge in [0.2, 0.25) is 5.88 Å². The number of aromatic nitrogens is 3. The zero-order valence-corrected chi connectivity index (χ0v) is 18.1. The Morgan fingerprint density at radius 3 is 2.77 bits per heavy atom. The van der Waals surface area contributed by atoms with Gasteiger partial charge in [0.05, 0.1) is 12.7 Å². The van der Waals surface area contributed by atoms with Crippen LogP contribution in [0.1, 0.15) is 41.5 Å². The van der Waals surface area contributed by atoms with Crippen molar-refractivity contribution in [3.05, 3.63) is 76.2 Å². The number of ether oxygens (including phenoxy) is 1. The van der Waals surface area contributed by atoms with Gasteiger partial charge in [0, 0.05) is 35.3 Å². The van der Waals surface area contributed by atoms with Gasteiger partial charge in [-0.2, -0.15) is 0 Å². The topological polar surface area (TPSA) is 43.2 Å². The van der Waals surface area contributed by atoms with Crippen LogP contribution in [0.4, 0.5) is 4.39 Å². The van der Waals surface area contributed by atoms with Crippen molar-refractivity contribution < 1.29 is 9.13 Å². The molecule has 0 N–H and O–H groups in total. The minimum absolute atomic E-state index is 0.112. The van der Waals surface area contributed by atoms with Gasteiger partial charge in [-0.15, -0.1) is 6.42 Å². The molecule has 0 bridgehead atoms. The van der Waals surface area contributed by atoms with Crippen LogP contribution in [-0.4, -0.2) is 32.5 Å². The van der Waals surface area contributed by atoms with Gasteiger partial charge in [-0.05, 0) is 44.1 Å². The van der Waals surface area contributed by atoms with Crippen LogP contribution in [0, 0.1) is 18.2 Å². The fourth-order valence-corrected chi connectivity index (χ4v) is 4.00. The van der Waals surface area contributed by atoms with Crippen LogP contribution in [0.15, 0.2) is 42.6 Å². The van der Waals surface area contributed by atoms with E-state index in [1.54, 1.807) is 24.4 Å². The van der Waals surface area contributed by atoms with E-state index >= 15 is 0 Å². The Labute approximate surface area is 186 Å². The van der Waals surface area contributed by atoms with Crippen molar-refractivity contribution in [1.82, 2.24) is 19.4 Å². The average molecular weight is 439 g/mol. The monoisotopic (exact) mass is 438 g/mol. The maximum Gasteiger partial charge on any atom is 0.213 e. The molecule has 0 saturated carbocycles. The number of piperidine rings is 1. The predicted molar refractivity (Wildman–Crippen MR) is 118 cm³/mol. The Balaban J connectivity index is 1.33. The SMILES string of the molecule is C#Cc1cnc(CN2CCC(c3cccc(OCc4ccc(Cl)cc4F)n3)CC2)n1C. The third-order valence-corrected chi connectivity index (χ3v) is 5.97. The van der Waals surface area contributed by atoms with Crippen molar-refractivity contribution in [2.24, 2.45) is 7.05 Å². The van der Waals surface area contributed by atoms with Crippen molar-refractivity contribution in [2.45, 2.75) is 31.9 Å². The molecule has 1 fully saturated rings. The third kappa shape index (κ3) is 5.07. The van der Waals surface area contributed by atoms with Gasteiger partial charge >= 0.3 is 0 Å². The van der Waals surface area contributed by atoms with Crippen LogP contribution in [0.2, 0.25) is 5.02 Å². The van der Waals surface area contributed by atoms with Gasteiger partial charge in [0.25, 0.3) is 0 Å². The lowest BCUT2D eigenvalue weighted by Gasteiger charge is -2.31. The molecular formula is C24H24ClFN4O. The van der Waals surface area contributed by atoms with Crippen LogP contribution in [0.3, 0.4) is 0 Å². The van der Waals surface area contributed by atoms with E-state index in [4.69, 9.17) is 22.8 Å². The number of hydrogen-bond donors (Lipinski definition) is 0. The fraction of sp³-hybridized carbons (Fsp3) is 0.333. The molecule has 1 aliphatic rings. The van der Waals surface area contributed by atoms with E-state index < -0.39 is 0 Å². The summed E-state index contributed by atoms with van der Waals surface area (Å²) in [5, 5.41) is 0.368. The molecule has 7 heteroatoms. The van der Waals surface area contributed by atoms with Crippen LogP contribution < -0.4 is 4.74 Å². The Bertz CT molecular complexity index is 1100. The molecule has 0 unspecified atom stereocenters. The highest BCUT2D eigenvalue weighted by atomic mass is 35.5. The van der Waals surface area contributed by atoms with E-state index in [1.807, 2.05) is 23.7 Å². The molecule has 0 spiro atoms. The number of nitrogens with zero attached hydrogens (tertiary/aromatic N) is 4. The first-order valence-corrected chi connectivity index (χ1v) is 10.6. The minimum Gasteiger partial charge on any atom is -0.473 e. The predicted octanol–water partition coefficient (Wildman–Crippen LogP) is 4.55. The molecule has 1 aliphatic heterocycles. The molecule has 0 aliphatic carbocycles. The first-order valence-electron chi connectivity index (χ1n) is 10.3. The van der Waals surface area contributed by atoms with Gasteiger partial charge in [-0.3, -0.25) is 4.90 Å². The first kappa shape index (κ1) is 21.4. The second kappa shape index (κ2) is 9.51. The quantitative estimate of drug-likeness (QED) is 0.530. The van der Waals surface area contributed by atoms with Gasteiger partial charge < -0.3 is 9.30 Å². The summed E-state index contributed by atoms with van der Waals surface area (Å²) in [6.07, 6.45) is 9.25. The lowest BCUT2D eigenvalue weighted by molar-refractivity contribution is 0.196. The molecule has 0 radical (unpaired) electrons. The average Bonchev–Trinajstić information content (AvgIpc) is 3.13. The molecule has 4 rings (SSSR count). The lowest BCUT2D eigenvalue weighted by atomic mass is 9.93. The molecule has 1 saturated heterocycles. The second-order valence-corrected chi connectivity index (χ2v) is 8.17. The summed E-state index contributed by atoms with van der Waals surface area (Å²) in [6.45, 7) is 2.83. The molecule has 160 valence electrons. The normalized spacial score (nSPS) is 15.0. The maximum absolute atomic E-state index is 14.0. The Morgan fingerprint density at radius 1 is 1.26 bits per heavy atom. The zero-order chi connectivity index (χ0) is 21.8. The summed E-state index contributed by atoms with van der Waals surface area (Å²) in [4.78, 5) is 11.5. The summed E-state index contributed by atoms with van der Waals surface area (Å²) in [7, 11) is 1.95. The van der Waals surface area contributed by atoms with Crippen LogP contribution in [0.25, 0.3) is 0 Å². The van der Waals surface area contributed by atoms with Crippen LogP contribution in [0.5, 0.6) is 5.88 Å². The van der Waals surface area contributed by atoms with Crippen LogP contribution >= 0.6 is 11.6 Å². The molecule has 31 heavy (non-hydrogen) atoms. The number of terminal acetylenes is 1. The van der Waals surface area contributed by atoms with Crippen molar-refractivity contribution in [1.29, 1.82) is 0 Å². The van der Waals surface area contributed by atoms with Crippen LogP contribution in [-0.2, 0) is 20.2 Å². The number of likely N-dealkylation sites (tertiary alicyclic amines) is 1. The van der Waals surface area contributed by atoms with Gasteiger partial charge in [0.1, 0.15) is 23.9 Å². The molecule has 3 aromatic rings. The van der Waals surface area contributed by atoms with E-state index in [1.165, 1.54) is 6.07 Å². The number of pyridine rings is 1. The standard InChI is InChI=1S/C24H24ClFN4O/c1-3-20-14-27-23(29(20)2)15-30-11-9-17(10-12-30)22-5-4-6-24(28-22)31-16-18-7-8-19(25)13-21(18)26/h1,4-8,13-14,17H,9-12,15-16H2,2H3. The molecule has 5 nitrogen and oxygen atoms in total. The van der Waals surface area contributed by atoms with Crippen molar-refractivity contribution in [2.75, 3.05) is 13.1 Å². The molecule has 2 aromatic heterocycles. The van der Waals surface area contributed by atoms with Gasteiger partial charge in [-0.1, -0.05) is 29.7 Å². The number of hydrogen-bond acceptors (Lipinski definition) is 4. The lowest BCUT2D eigenvalue weighted by Crippen LogP contribution is -2.33. The van der Waals surface area contributed by atoms with E-state index in [0.717, 1.165) is 49.7 Å². The van der Waals surface area contributed by atoms with Crippen molar-refractivity contribution in [3.63, 3.8) is 0 Å². The number of halogens is 2. The molecule has 0 atom stereocenters. The van der Waals surface area contributed by atoms with Crippen molar-refractivity contribution in [3.8, 4) is 18.2 Å². The largest absolute Gasteiger partial charge is 0.473 e. The Morgan fingerprint density at radius 2 is 2.06 bits per heavy atom. The minimum atomic E-state index is -0.377. The second-order valence-electron chi connectivity index (χ2n) is 7.74. The molecule has 1 aromatic carbocycles. The van der Waals surface area contributed by atoms with Crippen molar-refractivity contribution >= 4 is 11.6 Å². The van der Waals surface area contributed by atoms with Gasteiger partial charge in [-0.25, -0.2) is 14.4 Å². The zero-order valence-electron chi connectivity index (χ0n) is 17.4. The summed E-state index contributed by atoms with van der Waals surface area (Å²) < 4.78 is 21.7. The summed E-state index contributed by atoms with van der Waals surface area (Å²) in [5.74, 6) is 4.13. The first-order chi connectivity index (χ1) is 15.0. The number of rotatable bonds is 6. The van der Waals surface area contributed by atoms with E-state index in [9.17, 15) is 4.39 Å². The van der Waals surface area contributed by atoms with E-state index in [2.05, 4.69) is 20.8 Å². The highest BCUT2D eigenvalue weighted by Crippen LogP contribution is 2.28. The van der Waals surface area contributed by atoms with E-state index in [0.29, 0.717) is 22.4 Å². The number of imidazole rings is 1. The molecule has 0 amide bonds. The summed E-state index contributed by atoms with van der Waals surface area (Å²) in [6, 6.07) is 10.4. The molecular weight excluding hydrogens is 415 g/mol. The maximum atomic E-state index is 14.0. The highest BCUT2D eigenvalue weighted by molar-refractivity contribution is 6.30. The molecule has 3 heterocycles. The van der Waals surface area contributed by atoms with Gasteiger partial charge in [0.15, 0.2) is 0 Å². The van der Waals surface area contributed by atoms with E-state index in [-0.39, 0.29) is 12.4 Å². The smallest absolute Gasteiger partial charge is 0.213 e. The summed E-state index contributed by atoms with van der Waals surface area (Å²) >= 11 is 5.80. The number of benzene rings is 1. The fourth-order valence-electron chi connectivity index (χ4n) is 3.84.